The van der Waals surface area contributed by atoms with E-state index in [0.29, 0.717) is 29.3 Å². The zero-order valence-electron chi connectivity index (χ0n) is 15.0. The Balaban J connectivity index is 1.98. The minimum absolute atomic E-state index is 0.214. The third kappa shape index (κ3) is 3.62. The lowest BCUT2D eigenvalue weighted by molar-refractivity contribution is 0.0531. The van der Waals surface area contributed by atoms with Crippen LogP contribution in [0.1, 0.15) is 53.7 Å². The molecule has 0 saturated heterocycles. The van der Waals surface area contributed by atoms with E-state index >= 15 is 0 Å². The van der Waals surface area contributed by atoms with Crippen molar-refractivity contribution in [3.05, 3.63) is 16.3 Å². The molecule has 0 aromatic carbocycles. The van der Waals surface area contributed by atoms with E-state index in [0.717, 1.165) is 47.3 Å². The molecule has 1 aliphatic rings. The molecule has 7 heteroatoms. The lowest BCUT2D eigenvalue weighted by Crippen LogP contribution is -2.25. The van der Waals surface area contributed by atoms with E-state index in [1.54, 1.807) is 6.92 Å². The Bertz CT molecular complexity index is 775. The molecule has 1 saturated carbocycles. The van der Waals surface area contributed by atoms with Gasteiger partial charge in [-0.05, 0) is 51.5 Å². The summed E-state index contributed by atoms with van der Waals surface area (Å²) in [6, 6.07) is 0.301. The monoisotopic (exact) mass is 363 g/mol. The van der Waals surface area contributed by atoms with Crippen molar-refractivity contribution in [3.63, 3.8) is 0 Å². The SMILES string of the molecule is CCOC(=O)c1sc2nc(C)nc(NC3CCCC3CCO)c2c1C. The minimum atomic E-state index is -0.300. The Hall–Kier alpha value is -1.73. The van der Waals surface area contributed by atoms with E-state index < -0.39 is 0 Å². The van der Waals surface area contributed by atoms with Crippen molar-refractivity contribution in [1.82, 2.24) is 9.97 Å². The van der Waals surface area contributed by atoms with E-state index in [-0.39, 0.29) is 12.6 Å². The second-order valence-corrected chi connectivity index (χ2v) is 7.53. The van der Waals surface area contributed by atoms with Crippen LogP contribution >= 0.6 is 11.3 Å². The van der Waals surface area contributed by atoms with Crippen LogP contribution in [0.2, 0.25) is 0 Å². The molecular formula is C18H25N3O3S. The first-order valence-electron chi connectivity index (χ1n) is 8.87. The van der Waals surface area contributed by atoms with Crippen LogP contribution in [0.3, 0.4) is 0 Å². The van der Waals surface area contributed by atoms with E-state index in [4.69, 9.17) is 4.74 Å². The third-order valence-corrected chi connectivity index (χ3v) is 6.01. The van der Waals surface area contributed by atoms with Gasteiger partial charge < -0.3 is 15.2 Å². The van der Waals surface area contributed by atoms with Crippen molar-refractivity contribution in [1.29, 1.82) is 0 Å². The zero-order valence-corrected chi connectivity index (χ0v) is 15.8. The molecule has 2 aromatic rings. The van der Waals surface area contributed by atoms with Gasteiger partial charge in [0.15, 0.2) is 0 Å². The molecule has 25 heavy (non-hydrogen) atoms. The number of nitrogens with one attached hydrogen (secondary N) is 1. The normalized spacial score (nSPS) is 20.2. The maximum absolute atomic E-state index is 12.2. The number of aliphatic hydroxyl groups excluding tert-OH is 1. The van der Waals surface area contributed by atoms with Crippen molar-refractivity contribution >= 4 is 33.3 Å². The van der Waals surface area contributed by atoms with E-state index in [9.17, 15) is 9.90 Å². The molecule has 6 nitrogen and oxygen atoms in total. The van der Waals surface area contributed by atoms with Gasteiger partial charge >= 0.3 is 5.97 Å². The average Bonchev–Trinajstić information content (AvgIpc) is 3.12. The Kier molecular flexibility index (Phi) is 5.54. The number of aliphatic hydroxyl groups is 1. The zero-order chi connectivity index (χ0) is 18.0. The summed E-state index contributed by atoms with van der Waals surface area (Å²) in [4.78, 5) is 22.7. The molecule has 1 aliphatic carbocycles. The fourth-order valence-electron chi connectivity index (χ4n) is 3.66. The van der Waals surface area contributed by atoms with Crippen molar-refractivity contribution in [2.75, 3.05) is 18.5 Å². The first kappa shape index (κ1) is 18.1. The number of anilines is 1. The standard InChI is InChI=1S/C18H25N3O3S/c1-4-24-18(23)15-10(2)14-16(19-11(3)20-17(14)25-15)21-13-7-5-6-12(13)8-9-22/h12-13,22H,4-9H2,1-3H3,(H,19,20,21). The summed E-state index contributed by atoms with van der Waals surface area (Å²) in [5.74, 6) is 1.63. The number of carbonyl (C=O) groups is 1. The second-order valence-electron chi connectivity index (χ2n) is 6.53. The molecule has 2 heterocycles. The van der Waals surface area contributed by atoms with Crippen LogP contribution in [-0.4, -0.2) is 40.3 Å². The van der Waals surface area contributed by atoms with Gasteiger partial charge in [0.2, 0.25) is 0 Å². The number of ether oxygens (including phenoxy) is 1. The van der Waals surface area contributed by atoms with Crippen LogP contribution in [0.15, 0.2) is 0 Å². The molecule has 2 atom stereocenters. The summed E-state index contributed by atoms with van der Waals surface area (Å²) in [7, 11) is 0. The Labute approximate surface area is 151 Å². The van der Waals surface area contributed by atoms with E-state index in [2.05, 4.69) is 15.3 Å². The molecule has 2 unspecified atom stereocenters. The predicted molar refractivity (Wildman–Crippen MR) is 99.3 cm³/mol. The number of esters is 1. The highest BCUT2D eigenvalue weighted by Gasteiger charge is 2.28. The summed E-state index contributed by atoms with van der Waals surface area (Å²) >= 11 is 1.36. The quantitative estimate of drug-likeness (QED) is 0.765. The maximum atomic E-state index is 12.2. The smallest absolute Gasteiger partial charge is 0.348 e. The Morgan fingerprint density at radius 1 is 1.36 bits per heavy atom. The number of aromatic nitrogens is 2. The van der Waals surface area contributed by atoms with E-state index in [1.807, 2.05) is 13.8 Å². The number of nitrogens with zero attached hydrogens (tertiary/aromatic N) is 2. The fourth-order valence-corrected chi connectivity index (χ4v) is 4.78. The summed E-state index contributed by atoms with van der Waals surface area (Å²) in [5.41, 5.74) is 0.873. The first-order valence-corrected chi connectivity index (χ1v) is 9.69. The molecule has 0 amide bonds. The van der Waals surface area contributed by atoms with Crippen LogP contribution < -0.4 is 5.32 Å². The molecule has 3 rings (SSSR count). The van der Waals surface area contributed by atoms with Gasteiger partial charge in [-0.2, -0.15) is 0 Å². The highest BCUT2D eigenvalue weighted by Crippen LogP contribution is 2.37. The fraction of sp³-hybridized carbons (Fsp3) is 0.611. The largest absolute Gasteiger partial charge is 0.462 e. The molecule has 0 radical (unpaired) electrons. The second kappa shape index (κ2) is 7.66. The highest BCUT2D eigenvalue weighted by atomic mass is 32.1. The number of fused-ring (bicyclic) bond motifs is 1. The third-order valence-electron chi connectivity index (χ3n) is 4.84. The number of thiophene rings is 1. The lowest BCUT2D eigenvalue weighted by atomic mass is 10.00. The minimum Gasteiger partial charge on any atom is -0.462 e. The van der Waals surface area contributed by atoms with Crippen LogP contribution in [0.5, 0.6) is 0 Å². The Morgan fingerprint density at radius 2 is 2.16 bits per heavy atom. The van der Waals surface area contributed by atoms with Crippen molar-refractivity contribution in [2.45, 2.75) is 52.5 Å². The molecule has 0 bridgehead atoms. The number of aryl methyl sites for hydroxylation is 2. The van der Waals surface area contributed by atoms with Gasteiger partial charge in [-0.1, -0.05) is 6.42 Å². The van der Waals surface area contributed by atoms with Crippen molar-refractivity contribution in [3.8, 4) is 0 Å². The van der Waals surface area contributed by atoms with Crippen LogP contribution in [-0.2, 0) is 4.74 Å². The van der Waals surface area contributed by atoms with Gasteiger partial charge in [0.05, 0.1) is 12.0 Å². The molecule has 1 fully saturated rings. The molecule has 2 N–H and O–H groups in total. The first-order chi connectivity index (χ1) is 12.0. The molecule has 0 aliphatic heterocycles. The van der Waals surface area contributed by atoms with E-state index in [1.165, 1.54) is 11.3 Å². The Morgan fingerprint density at radius 3 is 2.88 bits per heavy atom. The molecule has 2 aromatic heterocycles. The average molecular weight is 363 g/mol. The van der Waals surface area contributed by atoms with Crippen LogP contribution in [0, 0.1) is 19.8 Å². The summed E-state index contributed by atoms with van der Waals surface area (Å²) in [6.45, 7) is 6.16. The number of carbonyl (C=O) groups excluding carboxylic acids is 1. The van der Waals surface area contributed by atoms with Crippen LogP contribution in [0.25, 0.3) is 10.2 Å². The molecule has 136 valence electrons. The van der Waals surface area contributed by atoms with Gasteiger partial charge in [-0.25, -0.2) is 14.8 Å². The number of hydrogen-bond acceptors (Lipinski definition) is 7. The highest BCUT2D eigenvalue weighted by molar-refractivity contribution is 7.20. The molecular weight excluding hydrogens is 338 g/mol. The maximum Gasteiger partial charge on any atom is 0.348 e. The summed E-state index contributed by atoms with van der Waals surface area (Å²) in [6.07, 6.45) is 4.17. The topological polar surface area (TPSA) is 84.3 Å². The lowest BCUT2D eigenvalue weighted by Gasteiger charge is -2.21. The van der Waals surface area contributed by atoms with Gasteiger partial charge in [0, 0.05) is 12.6 Å². The van der Waals surface area contributed by atoms with Crippen molar-refractivity contribution in [2.24, 2.45) is 5.92 Å². The summed E-state index contributed by atoms with van der Waals surface area (Å²) < 4.78 is 5.17. The summed E-state index contributed by atoms with van der Waals surface area (Å²) in [5, 5.41) is 13.8. The number of rotatable bonds is 6. The van der Waals surface area contributed by atoms with Crippen molar-refractivity contribution < 1.29 is 14.6 Å². The van der Waals surface area contributed by atoms with Crippen LogP contribution in [0.4, 0.5) is 5.82 Å². The number of hydrogen-bond donors (Lipinski definition) is 2. The van der Waals surface area contributed by atoms with Gasteiger partial charge in [0.25, 0.3) is 0 Å². The van der Waals surface area contributed by atoms with Gasteiger partial charge in [-0.3, -0.25) is 0 Å². The van der Waals surface area contributed by atoms with Gasteiger partial charge in [-0.15, -0.1) is 11.3 Å². The van der Waals surface area contributed by atoms with Gasteiger partial charge in [0.1, 0.15) is 21.3 Å². The molecule has 0 spiro atoms. The predicted octanol–water partition coefficient (Wildman–Crippen LogP) is 3.45.